The fraction of sp³-hybridized carbons (Fsp3) is 0.200. The van der Waals surface area contributed by atoms with E-state index in [1.807, 2.05) is 32.0 Å². The summed E-state index contributed by atoms with van der Waals surface area (Å²) in [7, 11) is 0. The van der Waals surface area contributed by atoms with Gasteiger partial charge in [-0.15, -0.1) is 11.3 Å². The van der Waals surface area contributed by atoms with Crippen molar-refractivity contribution in [1.29, 1.82) is 0 Å². The van der Waals surface area contributed by atoms with E-state index in [-0.39, 0.29) is 5.13 Å². The van der Waals surface area contributed by atoms with Crippen LogP contribution in [0.3, 0.4) is 0 Å². The number of hydrogen-bond acceptors (Lipinski definition) is 1. The molecule has 0 N–H and O–H groups in total. The number of halogens is 1. The van der Waals surface area contributed by atoms with Crippen molar-refractivity contribution in [2.45, 2.75) is 13.8 Å². The van der Waals surface area contributed by atoms with Gasteiger partial charge in [0, 0.05) is 10.3 Å². The summed E-state index contributed by atoms with van der Waals surface area (Å²) in [5.41, 5.74) is 1.96. The van der Waals surface area contributed by atoms with Crippen LogP contribution in [0.5, 0.6) is 0 Å². The van der Waals surface area contributed by atoms with Gasteiger partial charge in [-0.2, -0.15) is 4.39 Å². The Kier molecular flexibility index (Phi) is 1.65. The topological polar surface area (TPSA) is 0 Å². The van der Waals surface area contributed by atoms with Gasteiger partial charge in [0.25, 0.3) is 0 Å². The van der Waals surface area contributed by atoms with Crippen LogP contribution in [-0.2, 0) is 0 Å². The van der Waals surface area contributed by atoms with E-state index in [0.29, 0.717) is 0 Å². The third kappa shape index (κ3) is 1.03. The third-order valence-electron chi connectivity index (χ3n) is 2.04. The second kappa shape index (κ2) is 2.56. The standard InChI is InChI=1S/C10H9FS/c1-6-3-4-8-7(2)10(11)12-9(8)5-6/h3-5H,1-2H3. The predicted octanol–water partition coefficient (Wildman–Crippen LogP) is 3.66. The van der Waals surface area contributed by atoms with Crippen molar-refractivity contribution in [2.75, 3.05) is 0 Å². The van der Waals surface area contributed by atoms with Gasteiger partial charge in [-0.1, -0.05) is 12.1 Å². The average Bonchev–Trinajstić information content (AvgIpc) is 2.28. The molecule has 0 amide bonds. The van der Waals surface area contributed by atoms with Crippen LogP contribution < -0.4 is 0 Å². The Labute approximate surface area is 74.6 Å². The molecule has 2 heteroatoms. The van der Waals surface area contributed by atoms with Crippen LogP contribution in [-0.4, -0.2) is 0 Å². The molecular weight excluding hydrogens is 171 g/mol. The van der Waals surface area contributed by atoms with Gasteiger partial charge in [0.05, 0.1) is 0 Å². The third-order valence-corrected chi connectivity index (χ3v) is 3.08. The molecular formula is C10H9FS. The van der Waals surface area contributed by atoms with Gasteiger partial charge in [-0.25, -0.2) is 0 Å². The molecule has 2 aromatic rings. The lowest BCUT2D eigenvalue weighted by Gasteiger charge is -1.92. The van der Waals surface area contributed by atoms with Gasteiger partial charge >= 0.3 is 0 Å². The fourth-order valence-corrected chi connectivity index (χ4v) is 2.33. The summed E-state index contributed by atoms with van der Waals surface area (Å²) in [6, 6.07) is 6.02. The van der Waals surface area contributed by atoms with E-state index in [4.69, 9.17) is 0 Å². The molecule has 2 rings (SSSR count). The van der Waals surface area contributed by atoms with E-state index in [1.165, 1.54) is 16.9 Å². The van der Waals surface area contributed by atoms with Crippen LogP contribution in [0, 0.1) is 19.0 Å². The van der Waals surface area contributed by atoms with E-state index in [2.05, 4.69) is 0 Å². The summed E-state index contributed by atoms with van der Waals surface area (Å²) in [6.07, 6.45) is 0. The molecule has 0 atom stereocenters. The molecule has 0 aliphatic carbocycles. The van der Waals surface area contributed by atoms with Crippen LogP contribution in [0.15, 0.2) is 18.2 Å². The Morgan fingerprint density at radius 2 is 2.00 bits per heavy atom. The van der Waals surface area contributed by atoms with E-state index in [1.54, 1.807) is 0 Å². The highest BCUT2D eigenvalue weighted by molar-refractivity contribution is 7.17. The Balaban J connectivity index is 2.87. The van der Waals surface area contributed by atoms with Crippen molar-refractivity contribution in [3.63, 3.8) is 0 Å². The molecule has 12 heavy (non-hydrogen) atoms. The SMILES string of the molecule is Cc1ccc2c(C)c(F)sc2c1. The Bertz CT molecular complexity index is 429. The Morgan fingerprint density at radius 1 is 1.25 bits per heavy atom. The summed E-state index contributed by atoms with van der Waals surface area (Å²) >= 11 is 1.23. The fourth-order valence-electron chi connectivity index (χ4n) is 1.30. The summed E-state index contributed by atoms with van der Waals surface area (Å²) < 4.78 is 14.1. The van der Waals surface area contributed by atoms with Gasteiger partial charge in [0.1, 0.15) is 0 Å². The Hall–Kier alpha value is -0.890. The molecule has 1 heterocycles. The van der Waals surface area contributed by atoms with E-state index >= 15 is 0 Å². The summed E-state index contributed by atoms with van der Waals surface area (Å²) in [4.78, 5) is 0. The van der Waals surface area contributed by atoms with Crippen LogP contribution in [0.4, 0.5) is 4.39 Å². The number of thiophene rings is 1. The van der Waals surface area contributed by atoms with Crippen molar-refractivity contribution in [1.82, 2.24) is 0 Å². The molecule has 0 radical (unpaired) electrons. The van der Waals surface area contributed by atoms with Crippen molar-refractivity contribution in [3.05, 3.63) is 34.5 Å². The number of fused-ring (bicyclic) bond motifs is 1. The van der Waals surface area contributed by atoms with Crippen molar-refractivity contribution >= 4 is 21.4 Å². The molecule has 0 bridgehead atoms. The summed E-state index contributed by atoms with van der Waals surface area (Å²) in [6.45, 7) is 3.84. The lowest BCUT2D eigenvalue weighted by Crippen LogP contribution is -1.72. The quantitative estimate of drug-likeness (QED) is 0.580. The molecule has 0 fully saturated rings. The zero-order valence-corrected chi connectivity index (χ0v) is 7.83. The second-order valence-corrected chi connectivity index (χ2v) is 4.00. The number of benzene rings is 1. The normalized spacial score (nSPS) is 10.9. The smallest absolute Gasteiger partial charge is 0.180 e. The molecule has 1 aromatic carbocycles. The molecule has 0 spiro atoms. The summed E-state index contributed by atoms with van der Waals surface area (Å²) in [5, 5.41) is 0.985. The van der Waals surface area contributed by atoms with Gasteiger partial charge in [0.2, 0.25) is 0 Å². The lowest BCUT2D eigenvalue weighted by molar-refractivity contribution is 0.650. The minimum absolute atomic E-state index is 0.0596. The minimum Gasteiger partial charge on any atom is -0.195 e. The second-order valence-electron chi connectivity index (χ2n) is 3.00. The van der Waals surface area contributed by atoms with Crippen molar-refractivity contribution < 1.29 is 4.39 Å². The molecule has 62 valence electrons. The number of aryl methyl sites for hydroxylation is 2. The first kappa shape index (κ1) is 7.74. The maximum Gasteiger partial charge on any atom is 0.180 e. The predicted molar refractivity (Wildman–Crippen MR) is 51.3 cm³/mol. The number of hydrogen-bond donors (Lipinski definition) is 0. The molecule has 1 aromatic heterocycles. The highest BCUT2D eigenvalue weighted by Crippen LogP contribution is 2.29. The van der Waals surface area contributed by atoms with Crippen molar-refractivity contribution in [2.24, 2.45) is 0 Å². The minimum atomic E-state index is -0.0596. The lowest BCUT2D eigenvalue weighted by atomic mass is 10.1. The maximum absolute atomic E-state index is 13.1. The molecule has 0 aliphatic heterocycles. The van der Waals surface area contributed by atoms with E-state index < -0.39 is 0 Å². The van der Waals surface area contributed by atoms with Gasteiger partial charge in [-0.3, -0.25) is 0 Å². The largest absolute Gasteiger partial charge is 0.195 e. The highest BCUT2D eigenvalue weighted by atomic mass is 32.1. The van der Waals surface area contributed by atoms with E-state index in [9.17, 15) is 4.39 Å². The van der Waals surface area contributed by atoms with E-state index in [0.717, 1.165) is 15.6 Å². The highest BCUT2D eigenvalue weighted by Gasteiger charge is 2.06. The molecule has 0 nitrogen and oxygen atoms in total. The molecule has 0 saturated carbocycles. The van der Waals surface area contributed by atoms with Crippen LogP contribution in [0.2, 0.25) is 0 Å². The number of rotatable bonds is 0. The van der Waals surface area contributed by atoms with Gasteiger partial charge < -0.3 is 0 Å². The first-order valence-corrected chi connectivity index (χ1v) is 4.65. The van der Waals surface area contributed by atoms with Crippen LogP contribution in [0.25, 0.3) is 10.1 Å². The monoisotopic (exact) mass is 180 g/mol. The zero-order valence-electron chi connectivity index (χ0n) is 7.02. The average molecular weight is 180 g/mol. The van der Waals surface area contributed by atoms with Crippen molar-refractivity contribution in [3.8, 4) is 0 Å². The first-order chi connectivity index (χ1) is 5.68. The molecule has 0 saturated heterocycles. The zero-order chi connectivity index (χ0) is 8.72. The maximum atomic E-state index is 13.1. The summed E-state index contributed by atoms with van der Waals surface area (Å²) in [5.74, 6) is 0. The molecule has 0 aliphatic rings. The van der Waals surface area contributed by atoms with Crippen LogP contribution >= 0.6 is 11.3 Å². The van der Waals surface area contributed by atoms with Gasteiger partial charge in [-0.05, 0) is 30.9 Å². The van der Waals surface area contributed by atoms with Gasteiger partial charge in [0.15, 0.2) is 5.13 Å². The molecule has 0 unspecified atom stereocenters. The Morgan fingerprint density at radius 3 is 2.75 bits per heavy atom. The first-order valence-electron chi connectivity index (χ1n) is 3.84. The van der Waals surface area contributed by atoms with Crippen LogP contribution in [0.1, 0.15) is 11.1 Å².